The summed E-state index contributed by atoms with van der Waals surface area (Å²) in [5.41, 5.74) is 4.46. The van der Waals surface area contributed by atoms with Crippen LogP contribution in [0.3, 0.4) is 0 Å². The number of carboxylic acid groups (broad SMARTS) is 1. The van der Waals surface area contributed by atoms with E-state index < -0.39 is 18.1 Å². The zero-order valence-corrected chi connectivity index (χ0v) is 19.5. The molecule has 3 atom stereocenters. The lowest BCUT2D eigenvalue weighted by atomic mass is 9.93. The summed E-state index contributed by atoms with van der Waals surface area (Å²) in [5.74, 6) is -1.07. The second kappa shape index (κ2) is 10.1. The van der Waals surface area contributed by atoms with Crippen LogP contribution in [0.2, 0.25) is 0 Å². The summed E-state index contributed by atoms with van der Waals surface area (Å²) < 4.78 is 11.3. The van der Waals surface area contributed by atoms with Crippen molar-refractivity contribution in [1.82, 2.24) is 10.2 Å². The van der Waals surface area contributed by atoms with E-state index in [0.717, 1.165) is 35.1 Å². The van der Waals surface area contributed by atoms with E-state index in [9.17, 15) is 14.4 Å². The highest BCUT2D eigenvalue weighted by molar-refractivity contribution is 5.86. The monoisotopic (exact) mass is 478 g/mol. The fourth-order valence-electron chi connectivity index (χ4n) is 5.61. The van der Waals surface area contributed by atoms with Crippen molar-refractivity contribution in [2.45, 2.75) is 43.7 Å². The minimum atomic E-state index is -1.01. The molecule has 35 heavy (non-hydrogen) atoms. The van der Waals surface area contributed by atoms with Crippen LogP contribution in [0, 0.1) is 5.92 Å². The van der Waals surface area contributed by atoms with Gasteiger partial charge in [0.15, 0.2) is 0 Å². The van der Waals surface area contributed by atoms with E-state index in [4.69, 9.17) is 14.6 Å². The molecule has 2 N–H and O–H groups in total. The standard InChI is InChI=1S/C27H30N2O6/c30-25(31)10-9-23(26(32)29-13-11-24-17(15-29)12-14-34-24)28-27(33)35-16-22-20-7-3-1-5-18(20)19-6-2-4-8-21(19)22/h1-8,17,22-24H,9-16H2,(H,28,33)(H,30,31)/t17-,23?,24+/m0/s1. The molecular weight excluding hydrogens is 448 g/mol. The van der Waals surface area contributed by atoms with Crippen molar-refractivity contribution in [3.63, 3.8) is 0 Å². The maximum atomic E-state index is 13.2. The molecule has 0 spiro atoms. The highest BCUT2D eigenvalue weighted by atomic mass is 16.5. The SMILES string of the molecule is O=C(O)CCC(NC(=O)OCC1c2ccccc2-c2ccccc21)C(=O)N1CC[C@H]2OCC[C@H]2C1. The average Bonchev–Trinajstić information content (AvgIpc) is 3.47. The number of carboxylic acids is 1. The van der Waals surface area contributed by atoms with E-state index in [2.05, 4.69) is 17.4 Å². The Morgan fingerprint density at radius 1 is 1.06 bits per heavy atom. The van der Waals surface area contributed by atoms with Gasteiger partial charge in [-0.1, -0.05) is 48.5 Å². The molecule has 3 aliphatic rings. The second-order valence-corrected chi connectivity index (χ2v) is 9.49. The second-order valence-electron chi connectivity index (χ2n) is 9.49. The normalized spacial score (nSPS) is 21.5. The molecule has 2 aromatic rings. The number of aliphatic carboxylic acids is 1. The van der Waals surface area contributed by atoms with Gasteiger partial charge in [0.1, 0.15) is 12.6 Å². The molecule has 0 saturated carbocycles. The largest absolute Gasteiger partial charge is 0.481 e. The molecule has 184 valence electrons. The molecule has 1 aliphatic carbocycles. The summed E-state index contributed by atoms with van der Waals surface area (Å²) in [5, 5.41) is 11.8. The first kappa shape index (κ1) is 23.4. The molecule has 8 nitrogen and oxygen atoms in total. The summed E-state index contributed by atoms with van der Waals surface area (Å²) in [6.45, 7) is 1.94. The van der Waals surface area contributed by atoms with Crippen LogP contribution in [0.5, 0.6) is 0 Å². The first-order chi connectivity index (χ1) is 17.0. The van der Waals surface area contributed by atoms with Crippen molar-refractivity contribution in [3.05, 3.63) is 59.7 Å². The Morgan fingerprint density at radius 2 is 1.74 bits per heavy atom. The fraction of sp³-hybridized carbons (Fsp3) is 0.444. The number of amides is 2. The van der Waals surface area contributed by atoms with Gasteiger partial charge < -0.3 is 24.8 Å². The lowest BCUT2D eigenvalue weighted by molar-refractivity contribution is -0.138. The number of ether oxygens (including phenoxy) is 2. The van der Waals surface area contributed by atoms with E-state index in [1.165, 1.54) is 0 Å². The van der Waals surface area contributed by atoms with Gasteiger partial charge >= 0.3 is 12.1 Å². The number of piperidine rings is 1. The smallest absolute Gasteiger partial charge is 0.407 e. The molecule has 2 fully saturated rings. The van der Waals surface area contributed by atoms with Crippen LogP contribution in [-0.4, -0.2) is 66.4 Å². The van der Waals surface area contributed by atoms with Crippen LogP contribution in [0.25, 0.3) is 11.1 Å². The molecule has 2 saturated heterocycles. The van der Waals surface area contributed by atoms with Gasteiger partial charge in [0.25, 0.3) is 0 Å². The van der Waals surface area contributed by atoms with Crippen molar-refractivity contribution in [2.75, 3.05) is 26.3 Å². The number of alkyl carbamates (subject to hydrolysis) is 1. The summed E-state index contributed by atoms with van der Waals surface area (Å²) in [6, 6.07) is 15.2. The van der Waals surface area contributed by atoms with Gasteiger partial charge in [-0.2, -0.15) is 0 Å². The quantitative estimate of drug-likeness (QED) is 0.632. The average molecular weight is 479 g/mol. The van der Waals surface area contributed by atoms with Gasteiger partial charge in [-0.15, -0.1) is 0 Å². The Morgan fingerprint density at radius 3 is 2.43 bits per heavy atom. The topological polar surface area (TPSA) is 105 Å². The van der Waals surface area contributed by atoms with E-state index >= 15 is 0 Å². The lowest BCUT2D eigenvalue weighted by Gasteiger charge is -2.36. The van der Waals surface area contributed by atoms with E-state index in [1.807, 2.05) is 36.4 Å². The van der Waals surface area contributed by atoms with Crippen LogP contribution in [0.1, 0.15) is 42.7 Å². The number of nitrogens with one attached hydrogen (secondary N) is 1. The van der Waals surface area contributed by atoms with Crippen LogP contribution in [-0.2, 0) is 19.1 Å². The predicted molar refractivity (Wildman–Crippen MR) is 128 cm³/mol. The third kappa shape index (κ3) is 4.89. The third-order valence-electron chi connectivity index (χ3n) is 7.38. The van der Waals surface area contributed by atoms with Gasteiger partial charge in [0.2, 0.25) is 5.91 Å². The van der Waals surface area contributed by atoms with Crippen molar-refractivity contribution in [3.8, 4) is 11.1 Å². The highest BCUT2D eigenvalue weighted by Gasteiger charge is 2.38. The van der Waals surface area contributed by atoms with Crippen molar-refractivity contribution in [2.24, 2.45) is 5.92 Å². The molecule has 0 radical (unpaired) electrons. The molecule has 1 unspecified atom stereocenters. The zero-order valence-electron chi connectivity index (χ0n) is 19.5. The zero-order chi connectivity index (χ0) is 24.4. The molecule has 0 bridgehead atoms. The summed E-state index contributed by atoms with van der Waals surface area (Å²) in [4.78, 5) is 38.9. The lowest BCUT2D eigenvalue weighted by Crippen LogP contribution is -2.53. The summed E-state index contributed by atoms with van der Waals surface area (Å²) >= 11 is 0. The van der Waals surface area contributed by atoms with E-state index in [0.29, 0.717) is 25.6 Å². The third-order valence-corrected chi connectivity index (χ3v) is 7.38. The Kier molecular flexibility index (Phi) is 6.72. The Balaban J connectivity index is 1.24. The molecule has 2 heterocycles. The molecule has 2 aliphatic heterocycles. The maximum absolute atomic E-state index is 13.2. The number of benzene rings is 2. The van der Waals surface area contributed by atoms with Gasteiger partial charge in [0, 0.05) is 38.0 Å². The molecule has 0 aromatic heterocycles. The predicted octanol–water partition coefficient (Wildman–Crippen LogP) is 3.40. The number of hydrogen-bond acceptors (Lipinski definition) is 5. The minimum Gasteiger partial charge on any atom is -0.481 e. The fourth-order valence-corrected chi connectivity index (χ4v) is 5.61. The van der Waals surface area contributed by atoms with Crippen LogP contribution in [0.4, 0.5) is 4.79 Å². The first-order valence-corrected chi connectivity index (χ1v) is 12.2. The number of rotatable bonds is 7. The molecular formula is C27H30N2O6. The van der Waals surface area contributed by atoms with Gasteiger partial charge in [-0.3, -0.25) is 9.59 Å². The minimum absolute atomic E-state index is 0.0134. The van der Waals surface area contributed by atoms with Crippen molar-refractivity contribution < 1.29 is 29.0 Å². The van der Waals surface area contributed by atoms with Crippen LogP contribution < -0.4 is 5.32 Å². The first-order valence-electron chi connectivity index (χ1n) is 12.2. The van der Waals surface area contributed by atoms with Crippen molar-refractivity contribution >= 4 is 18.0 Å². The number of nitrogens with zero attached hydrogens (tertiary/aromatic N) is 1. The van der Waals surface area contributed by atoms with Gasteiger partial charge in [0.05, 0.1) is 6.10 Å². The Labute approximate surface area is 204 Å². The molecule has 2 amide bonds. The Hall–Kier alpha value is -3.39. The maximum Gasteiger partial charge on any atom is 0.407 e. The number of hydrogen-bond donors (Lipinski definition) is 2. The molecule has 5 rings (SSSR count). The van der Waals surface area contributed by atoms with Crippen molar-refractivity contribution in [1.29, 1.82) is 0 Å². The Bertz CT molecular complexity index is 1070. The van der Waals surface area contributed by atoms with E-state index in [1.54, 1.807) is 4.90 Å². The van der Waals surface area contributed by atoms with Crippen LogP contribution in [0.15, 0.2) is 48.5 Å². The van der Waals surface area contributed by atoms with Gasteiger partial charge in [-0.25, -0.2) is 4.79 Å². The van der Waals surface area contributed by atoms with Crippen LogP contribution >= 0.6 is 0 Å². The number of fused-ring (bicyclic) bond motifs is 4. The number of carbonyl (C=O) groups excluding carboxylic acids is 2. The highest BCUT2D eigenvalue weighted by Crippen LogP contribution is 2.44. The number of carbonyl (C=O) groups is 3. The molecule has 8 heteroatoms. The van der Waals surface area contributed by atoms with Gasteiger partial charge in [-0.05, 0) is 41.5 Å². The number of likely N-dealkylation sites (tertiary alicyclic amines) is 1. The van der Waals surface area contributed by atoms with E-state index in [-0.39, 0.29) is 37.4 Å². The molecule has 2 aromatic carbocycles. The summed E-state index contributed by atoms with van der Waals surface area (Å²) in [6.07, 6.45) is 0.935. The summed E-state index contributed by atoms with van der Waals surface area (Å²) in [7, 11) is 0.